The topological polar surface area (TPSA) is 80.5 Å². The van der Waals surface area contributed by atoms with Crippen molar-refractivity contribution in [2.24, 2.45) is 0 Å². The number of nitrogen functional groups attached to an aromatic ring is 1. The molecule has 0 bridgehead atoms. The summed E-state index contributed by atoms with van der Waals surface area (Å²) in [6, 6.07) is -0.138. The molecule has 3 aliphatic heterocycles. The average Bonchev–Trinajstić information content (AvgIpc) is 3.05. The van der Waals surface area contributed by atoms with Crippen LogP contribution in [0.1, 0.15) is 41.6 Å². The molecular weight excluding hydrogens is 280 g/mol. The van der Waals surface area contributed by atoms with Gasteiger partial charge in [0, 0.05) is 25.2 Å². The zero-order valence-electron chi connectivity index (χ0n) is 12.7. The number of ether oxygens (including phenoxy) is 1. The summed E-state index contributed by atoms with van der Waals surface area (Å²) in [5, 5.41) is 3.34. The summed E-state index contributed by atoms with van der Waals surface area (Å²) in [5.74, 6) is 0.809. The molecule has 6 heteroatoms. The molecule has 1 saturated heterocycles. The summed E-state index contributed by atoms with van der Waals surface area (Å²) in [6.45, 7) is 3.53. The van der Waals surface area contributed by atoms with Gasteiger partial charge in [0.15, 0.2) is 0 Å². The number of pyridine rings is 1. The van der Waals surface area contributed by atoms with E-state index in [-0.39, 0.29) is 11.9 Å². The van der Waals surface area contributed by atoms with E-state index in [0.29, 0.717) is 32.0 Å². The van der Waals surface area contributed by atoms with E-state index < -0.39 is 0 Å². The van der Waals surface area contributed by atoms with Crippen LogP contribution in [-0.2, 0) is 35.7 Å². The number of amides is 1. The number of fused-ring (bicyclic) bond motifs is 3. The van der Waals surface area contributed by atoms with Crippen molar-refractivity contribution in [3.8, 4) is 0 Å². The molecule has 0 spiro atoms. The molecule has 1 aromatic rings. The predicted molar refractivity (Wildman–Crippen MR) is 81.9 cm³/mol. The first-order chi connectivity index (χ1) is 10.7. The number of carbonyl (C=O) groups is 1. The molecule has 4 heterocycles. The fourth-order valence-corrected chi connectivity index (χ4v) is 3.77. The van der Waals surface area contributed by atoms with Crippen LogP contribution in [0.3, 0.4) is 0 Å². The number of rotatable bonds is 1. The second-order valence-electron chi connectivity index (χ2n) is 6.40. The van der Waals surface area contributed by atoms with Crippen LogP contribution in [0, 0.1) is 0 Å². The molecule has 4 rings (SSSR count). The highest BCUT2D eigenvalue weighted by molar-refractivity contribution is 5.82. The Bertz CT molecular complexity index is 611. The van der Waals surface area contributed by atoms with Crippen LogP contribution in [-0.4, -0.2) is 34.9 Å². The Morgan fingerprint density at radius 2 is 1.95 bits per heavy atom. The summed E-state index contributed by atoms with van der Waals surface area (Å²) in [5.41, 5.74) is 10.4. The lowest BCUT2D eigenvalue weighted by Crippen LogP contribution is -2.51. The Hall–Kier alpha value is -1.66. The van der Waals surface area contributed by atoms with Gasteiger partial charge in [-0.25, -0.2) is 4.98 Å². The van der Waals surface area contributed by atoms with Gasteiger partial charge in [-0.2, -0.15) is 0 Å². The van der Waals surface area contributed by atoms with Gasteiger partial charge in [-0.15, -0.1) is 0 Å². The first kappa shape index (κ1) is 14.0. The highest BCUT2D eigenvalue weighted by Gasteiger charge is 2.32. The number of nitrogens with two attached hydrogens (primary N) is 1. The molecule has 3 aliphatic rings. The van der Waals surface area contributed by atoms with Crippen LogP contribution in [0.25, 0.3) is 0 Å². The Morgan fingerprint density at radius 3 is 2.77 bits per heavy atom. The number of piperidine rings is 1. The molecule has 0 saturated carbocycles. The van der Waals surface area contributed by atoms with E-state index in [4.69, 9.17) is 10.5 Å². The summed E-state index contributed by atoms with van der Waals surface area (Å²) in [7, 11) is 0. The van der Waals surface area contributed by atoms with Crippen molar-refractivity contribution in [1.82, 2.24) is 15.2 Å². The first-order valence-electron chi connectivity index (χ1n) is 8.13. The Balaban J connectivity index is 1.59. The van der Waals surface area contributed by atoms with Crippen LogP contribution in [0.5, 0.6) is 0 Å². The van der Waals surface area contributed by atoms with E-state index in [9.17, 15) is 4.79 Å². The van der Waals surface area contributed by atoms with Crippen LogP contribution >= 0.6 is 0 Å². The standard InChI is InChI=1S/C16H22N4O2/c17-15-12-9-22-8-11(12)10-6-13(18-7-14(10)19-15)16(21)20-4-2-1-3-5-20/h13,18H,1-9H2,(H2,17,19). The second-order valence-corrected chi connectivity index (χ2v) is 6.40. The lowest BCUT2D eigenvalue weighted by atomic mass is 9.92. The van der Waals surface area contributed by atoms with Crippen molar-refractivity contribution in [3.63, 3.8) is 0 Å². The summed E-state index contributed by atoms with van der Waals surface area (Å²) in [6.07, 6.45) is 4.18. The van der Waals surface area contributed by atoms with Gasteiger partial charge in [0.25, 0.3) is 0 Å². The Morgan fingerprint density at radius 1 is 1.18 bits per heavy atom. The first-order valence-corrected chi connectivity index (χ1v) is 8.13. The van der Waals surface area contributed by atoms with E-state index in [2.05, 4.69) is 10.3 Å². The maximum Gasteiger partial charge on any atom is 0.240 e. The molecule has 0 aliphatic carbocycles. The van der Waals surface area contributed by atoms with Gasteiger partial charge in [0.1, 0.15) is 5.82 Å². The fraction of sp³-hybridized carbons (Fsp3) is 0.625. The molecule has 1 fully saturated rings. The summed E-state index contributed by atoms with van der Waals surface area (Å²) in [4.78, 5) is 19.2. The van der Waals surface area contributed by atoms with Gasteiger partial charge >= 0.3 is 0 Å². The number of nitrogens with one attached hydrogen (secondary N) is 1. The SMILES string of the molecule is Nc1nc2c(c3c1COC3)CC(C(=O)N1CCCCC1)NC2. The lowest BCUT2D eigenvalue weighted by molar-refractivity contribution is -0.134. The molecule has 1 amide bonds. The number of hydrogen-bond acceptors (Lipinski definition) is 5. The number of carbonyl (C=O) groups excluding carboxylic acids is 1. The van der Waals surface area contributed by atoms with Gasteiger partial charge in [0.2, 0.25) is 5.91 Å². The number of aromatic nitrogens is 1. The molecule has 1 aromatic heterocycles. The Kier molecular flexibility index (Phi) is 3.50. The molecule has 118 valence electrons. The van der Waals surface area contributed by atoms with Gasteiger partial charge in [-0.05, 0) is 36.8 Å². The van der Waals surface area contributed by atoms with E-state index >= 15 is 0 Å². The monoisotopic (exact) mass is 302 g/mol. The molecule has 6 nitrogen and oxygen atoms in total. The molecule has 1 unspecified atom stereocenters. The lowest BCUT2D eigenvalue weighted by Gasteiger charge is -2.33. The average molecular weight is 302 g/mol. The van der Waals surface area contributed by atoms with E-state index in [1.54, 1.807) is 0 Å². The summed E-state index contributed by atoms with van der Waals surface area (Å²) < 4.78 is 5.54. The summed E-state index contributed by atoms with van der Waals surface area (Å²) >= 11 is 0. The van der Waals surface area contributed by atoms with Gasteiger partial charge in [-0.3, -0.25) is 10.1 Å². The van der Waals surface area contributed by atoms with Crippen molar-refractivity contribution in [1.29, 1.82) is 0 Å². The highest BCUT2D eigenvalue weighted by atomic mass is 16.5. The van der Waals surface area contributed by atoms with Crippen LogP contribution in [0.15, 0.2) is 0 Å². The van der Waals surface area contributed by atoms with Gasteiger partial charge < -0.3 is 15.4 Å². The molecule has 0 radical (unpaired) electrons. The minimum Gasteiger partial charge on any atom is -0.383 e. The molecule has 1 atom stereocenters. The van der Waals surface area contributed by atoms with Gasteiger partial charge in [-0.1, -0.05) is 0 Å². The third kappa shape index (κ3) is 2.27. The maximum absolute atomic E-state index is 12.7. The number of hydrogen-bond donors (Lipinski definition) is 2. The van der Waals surface area contributed by atoms with Crippen molar-refractivity contribution in [2.45, 2.75) is 51.5 Å². The zero-order valence-corrected chi connectivity index (χ0v) is 12.7. The van der Waals surface area contributed by atoms with Crippen molar-refractivity contribution < 1.29 is 9.53 Å². The van der Waals surface area contributed by atoms with Crippen molar-refractivity contribution in [2.75, 3.05) is 18.8 Å². The third-order valence-corrected chi connectivity index (χ3v) is 5.02. The maximum atomic E-state index is 12.7. The predicted octanol–water partition coefficient (Wildman–Crippen LogP) is 0.721. The minimum atomic E-state index is -0.138. The fourth-order valence-electron chi connectivity index (χ4n) is 3.77. The molecule has 22 heavy (non-hydrogen) atoms. The van der Waals surface area contributed by atoms with Crippen LogP contribution < -0.4 is 11.1 Å². The second kappa shape index (κ2) is 5.52. The zero-order chi connectivity index (χ0) is 15.1. The number of anilines is 1. The molecule has 3 N–H and O–H groups in total. The normalized spacial score (nSPS) is 24.0. The van der Waals surface area contributed by atoms with Crippen molar-refractivity contribution in [3.05, 3.63) is 22.4 Å². The van der Waals surface area contributed by atoms with E-state index in [1.165, 1.54) is 17.5 Å². The largest absolute Gasteiger partial charge is 0.383 e. The van der Waals surface area contributed by atoms with Crippen LogP contribution in [0.4, 0.5) is 5.82 Å². The number of likely N-dealkylation sites (tertiary alicyclic amines) is 1. The van der Waals surface area contributed by atoms with Crippen LogP contribution in [0.2, 0.25) is 0 Å². The Labute approximate surface area is 130 Å². The number of nitrogens with zero attached hydrogens (tertiary/aromatic N) is 2. The minimum absolute atomic E-state index is 0.138. The third-order valence-electron chi connectivity index (χ3n) is 5.02. The van der Waals surface area contributed by atoms with Crippen molar-refractivity contribution >= 4 is 11.7 Å². The van der Waals surface area contributed by atoms with Gasteiger partial charge in [0.05, 0.1) is 24.9 Å². The van der Waals surface area contributed by atoms with E-state index in [0.717, 1.165) is 37.2 Å². The smallest absolute Gasteiger partial charge is 0.240 e. The molecule has 0 aromatic carbocycles. The highest BCUT2D eigenvalue weighted by Crippen LogP contribution is 2.32. The molecular formula is C16H22N4O2. The quantitative estimate of drug-likeness (QED) is 0.799. The van der Waals surface area contributed by atoms with E-state index in [1.807, 2.05) is 4.90 Å².